The number of nitrogens with one attached hydrogen (secondary N) is 1. The summed E-state index contributed by atoms with van der Waals surface area (Å²) in [5, 5.41) is 2.75. The molecule has 1 heterocycles. The number of carbonyl (C=O) groups excluding carboxylic acids is 1. The number of rotatable bonds is 4. The molecule has 2 rings (SSSR count). The van der Waals surface area contributed by atoms with Crippen LogP contribution < -0.4 is 10.1 Å². The summed E-state index contributed by atoms with van der Waals surface area (Å²) < 4.78 is 5.70. The zero-order chi connectivity index (χ0) is 16.2. The molecule has 0 saturated heterocycles. The van der Waals surface area contributed by atoms with Crippen molar-refractivity contribution in [3.8, 4) is 5.75 Å². The molecule has 0 radical (unpaired) electrons. The third-order valence-electron chi connectivity index (χ3n) is 3.19. The van der Waals surface area contributed by atoms with Crippen molar-refractivity contribution in [3.05, 3.63) is 54.1 Å². The summed E-state index contributed by atoms with van der Waals surface area (Å²) in [6.07, 6.45) is 3.86. The lowest BCUT2D eigenvalue weighted by Gasteiger charge is -2.20. The first-order valence-corrected chi connectivity index (χ1v) is 7.19. The highest BCUT2D eigenvalue weighted by atomic mass is 16.5. The van der Waals surface area contributed by atoms with Crippen LogP contribution in [-0.2, 0) is 5.41 Å². The van der Waals surface area contributed by atoms with Gasteiger partial charge < -0.3 is 10.1 Å². The fraction of sp³-hybridized carbons (Fsp3) is 0.353. The third-order valence-corrected chi connectivity index (χ3v) is 3.19. The van der Waals surface area contributed by atoms with E-state index in [4.69, 9.17) is 4.74 Å². The standard InChI is InChI=1S/C17H21N3O2/c1-12(20-16(21)13-9-18-11-19-10-13)22-15-7-5-14(6-8-15)17(2,3)4/h5-12H,1-4H3,(H,20,21). The van der Waals surface area contributed by atoms with Crippen LogP contribution in [0.15, 0.2) is 43.0 Å². The van der Waals surface area contributed by atoms with Gasteiger partial charge in [-0.25, -0.2) is 9.97 Å². The van der Waals surface area contributed by atoms with Gasteiger partial charge >= 0.3 is 0 Å². The molecule has 116 valence electrons. The molecule has 0 aliphatic carbocycles. The first kappa shape index (κ1) is 15.9. The molecular weight excluding hydrogens is 278 g/mol. The van der Waals surface area contributed by atoms with Crippen molar-refractivity contribution in [1.29, 1.82) is 0 Å². The van der Waals surface area contributed by atoms with E-state index in [-0.39, 0.29) is 11.3 Å². The van der Waals surface area contributed by atoms with Gasteiger partial charge in [-0.2, -0.15) is 0 Å². The lowest BCUT2D eigenvalue weighted by molar-refractivity contribution is 0.0851. The van der Waals surface area contributed by atoms with Gasteiger partial charge in [0.05, 0.1) is 5.56 Å². The van der Waals surface area contributed by atoms with E-state index in [1.165, 1.54) is 24.3 Å². The van der Waals surface area contributed by atoms with Gasteiger partial charge in [0.2, 0.25) is 0 Å². The number of aromatic nitrogens is 2. The topological polar surface area (TPSA) is 64.1 Å². The molecule has 1 aromatic carbocycles. The predicted octanol–water partition coefficient (Wildman–Crippen LogP) is 2.93. The van der Waals surface area contributed by atoms with Gasteiger partial charge in [-0.3, -0.25) is 4.79 Å². The Morgan fingerprint density at radius 1 is 1.14 bits per heavy atom. The van der Waals surface area contributed by atoms with Crippen molar-refractivity contribution in [2.75, 3.05) is 0 Å². The molecule has 0 fully saturated rings. The van der Waals surface area contributed by atoms with E-state index in [1.807, 2.05) is 24.3 Å². The largest absolute Gasteiger partial charge is 0.471 e. The molecule has 0 aliphatic rings. The molecular formula is C17H21N3O2. The van der Waals surface area contributed by atoms with Crippen LogP contribution in [0.4, 0.5) is 0 Å². The highest BCUT2D eigenvalue weighted by Crippen LogP contribution is 2.24. The van der Waals surface area contributed by atoms with E-state index in [0.717, 1.165) is 0 Å². The third kappa shape index (κ3) is 4.28. The first-order chi connectivity index (χ1) is 10.4. The summed E-state index contributed by atoms with van der Waals surface area (Å²) in [6.45, 7) is 8.26. The molecule has 1 amide bonds. The summed E-state index contributed by atoms with van der Waals surface area (Å²) in [4.78, 5) is 19.6. The molecule has 1 aromatic heterocycles. The van der Waals surface area contributed by atoms with Gasteiger partial charge in [-0.05, 0) is 30.0 Å². The highest BCUT2D eigenvalue weighted by molar-refractivity contribution is 5.93. The van der Waals surface area contributed by atoms with Gasteiger partial charge in [-0.1, -0.05) is 32.9 Å². The Labute approximate surface area is 130 Å². The summed E-state index contributed by atoms with van der Waals surface area (Å²) in [6, 6.07) is 7.90. The van der Waals surface area contributed by atoms with E-state index in [2.05, 4.69) is 36.1 Å². The maximum Gasteiger partial charge on any atom is 0.257 e. The fourth-order valence-corrected chi connectivity index (χ4v) is 1.95. The summed E-state index contributed by atoms with van der Waals surface area (Å²) in [5.74, 6) is 0.449. The van der Waals surface area contributed by atoms with E-state index in [1.54, 1.807) is 6.92 Å². The van der Waals surface area contributed by atoms with Gasteiger partial charge in [0.1, 0.15) is 12.1 Å². The van der Waals surface area contributed by atoms with Crippen LogP contribution >= 0.6 is 0 Å². The van der Waals surface area contributed by atoms with E-state index >= 15 is 0 Å². The van der Waals surface area contributed by atoms with Crippen LogP contribution in [0.1, 0.15) is 43.6 Å². The van der Waals surface area contributed by atoms with Crippen molar-refractivity contribution in [3.63, 3.8) is 0 Å². The molecule has 0 saturated carbocycles. The molecule has 1 unspecified atom stereocenters. The van der Waals surface area contributed by atoms with Crippen molar-refractivity contribution < 1.29 is 9.53 Å². The smallest absolute Gasteiger partial charge is 0.257 e. The predicted molar refractivity (Wildman–Crippen MR) is 84.7 cm³/mol. The van der Waals surface area contributed by atoms with E-state index in [0.29, 0.717) is 11.3 Å². The molecule has 1 N–H and O–H groups in total. The first-order valence-electron chi connectivity index (χ1n) is 7.19. The summed E-state index contributed by atoms with van der Waals surface area (Å²) in [7, 11) is 0. The van der Waals surface area contributed by atoms with Crippen LogP contribution in [0.5, 0.6) is 5.75 Å². The molecule has 5 heteroatoms. The second-order valence-electron chi connectivity index (χ2n) is 6.14. The van der Waals surface area contributed by atoms with Crippen molar-refractivity contribution >= 4 is 5.91 Å². The van der Waals surface area contributed by atoms with Gasteiger partial charge in [0, 0.05) is 12.4 Å². The van der Waals surface area contributed by atoms with Crippen LogP contribution in [0, 0.1) is 0 Å². The van der Waals surface area contributed by atoms with Crippen LogP contribution in [-0.4, -0.2) is 22.1 Å². The summed E-state index contributed by atoms with van der Waals surface area (Å²) >= 11 is 0. The quantitative estimate of drug-likeness (QED) is 0.882. The number of nitrogens with zero attached hydrogens (tertiary/aromatic N) is 2. The molecule has 1 atom stereocenters. The second kappa shape index (κ2) is 6.56. The molecule has 0 aliphatic heterocycles. The van der Waals surface area contributed by atoms with E-state index < -0.39 is 6.23 Å². The zero-order valence-corrected chi connectivity index (χ0v) is 13.3. The average molecular weight is 299 g/mol. The number of amides is 1. The Kier molecular flexibility index (Phi) is 4.75. The molecule has 22 heavy (non-hydrogen) atoms. The highest BCUT2D eigenvalue weighted by Gasteiger charge is 2.14. The van der Waals surface area contributed by atoms with Crippen molar-refractivity contribution in [2.24, 2.45) is 0 Å². The van der Waals surface area contributed by atoms with Crippen LogP contribution in [0.3, 0.4) is 0 Å². The molecule has 2 aromatic rings. The molecule has 5 nitrogen and oxygen atoms in total. The van der Waals surface area contributed by atoms with Crippen LogP contribution in [0.25, 0.3) is 0 Å². The Morgan fingerprint density at radius 3 is 2.27 bits per heavy atom. The number of carbonyl (C=O) groups is 1. The maximum absolute atomic E-state index is 12.0. The lowest BCUT2D eigenvalue weighted by atomic mass is 9.87. The van der Waals surface area contributed by atoms with Crippen molar-refractivity contribution in [2.45, 2.75) is 39.3 Å². The Bertz CT molecular complexity index is 619. The molecule has 0 bridgehead atoms. The second-order valence-corrected chi connectivity index (χ2v) is 6.14. The maximum atomic E-state index is 12.0. The van der Waals surface area contributed by atoms with Gasteiger partial charge in [0.15, 0.2) is 6.23 Å². The average Bonchev–Trinajstić information content (AvgIpc) is 2.47. The fourth-order valence-electron chi connectivity index (χ4n) is 1.95. The van der Waals surface area contributed by atoms with E-state index in [9.17, 15) is 4.79 Å². The number of hydrogen-bond acceptors (Lipinski definition) is 4. The zero-order valence-electron chi connectivity index (χ0n) is 13.3. The Morgan fingerprint density at radius 2 is 1.73 bits per heavy atom. The molecule has 0 spiro atoms. The van der Waals surface area contributed by atoms with Gasteiger partial charge in [0.25, 0.3) is 5.91 Å². The van der Waals surface area contributed by atoms with Gasteiger partial charge in [-0.15, -0.1) is 0 Å². The lowest BCUT2D eigenvalue weighted by Crippen LogP contribution is -2.36. The Balaban J connectivity index is 1.95. The number of ether oxygens (including phenoxy) is 1. The number of benzene rings is 1. The minimum Gasteiger partial charge on any atom is -0.471 e. The minimum absolute atomic E-state index is 0.103. The normalized spacial score (nSPS) is 12.5. The SMILES string of the molecule is CC(NC(=O)c1cncnc1)Oc1ccc(C(C)(C)C)cc1. The van der Waals surface area contributed by atoms with Crippen LogP contribution in [0.2, 0.25) is 0 Å². The minimum atomic E-state index is -0.451. The summed E-state index contributed by atoms with van der Waals surface area (Å²) in [5.41, 5.74) is 1.74. The number of hydrogen-bond donors (Lipinski definition) is 1. The Hall–Kier alpha value is -2.43. The monoisotopic (exact) mass is 299 g/mol. The van der Waals surface area contributed by atoms with Crippen molar-refractivity contribution in [1.82, 2.24) is 15.3 Å².